The van der Waals surface area contributed by atoms with Crippen molar-refractivity contribution >= 4 is 56.0 Å². The van der Waals surface area contributed by atoms with E-state index in [-0.39, 0.29) is 17.9 Å². The lowest BCUT2D eigenvalue weighted by Crippen LogP contribution is -2.42. The maximum absolute atomic E-state index is 11.8. The van der Waals surface area contributed by atoms with E-state index < -0.39 is 0 Å². The summed E-state index contributed by atoms with van der Waals surface area (Å²) < 4.78 is 10.7. The van der Waals surface area contributed by atoms with Crippen LogP contribution in [0.2, 0.25) is 0 Å². The number of thiazole rings is 1. The zero-order chi connectivity index (χ0) is 19.4. The molecule has 144 valence electrons. The third-order valence-corrected chi connectivity index (χ3v) is 5.72. The lowest BCUT2D eigenvalue weighted by Gasteiger charge is -2.32. The highest BCUT2D eigenvalue weighted by atomic mass is 32.1. The molecule has 0 unspecified atom stereocenters. The van der Waals surface area contributed by atoms with Crippen LogP contribution in [0.25, 0.3) is 10.2 Å². The molecule has 3 rings (SSSR count). The number of ether oxygens (including phenoxy) is 2. The molecule has 1 aliphatic rings. The average Bonchev–Trinajstić information content (AvgIpc) is 3.08. The second-order valence-corrected chi connectivity index (χ2v) is 7.55. The SMILES string of the molecule is CCOC(=O)C1CCN(C(=S)Nc2nc3ccc(C(=O)OC)cc3s2)CC1. The Morgan fingerprint density at radius 1 is 1.37 bits per heavy atom. The summed E-state index contributed by atoms with van der Waals surface area (Å²) in [6.07, 6.45) is 1.45. The van der Waals surface area contributed by atoms with Gasteiger partial charge in [-0.15, -0.1) is 0 Å². The van der Waals surface area contributed by atoms with Crippen LogP contribution in [-0.4, -0.2) is 53.7 Å². The van der Waals surface area contributed by atoms with Gasteiger partial charge in [0, 0.05) is 13.1 Å². The Labute approximate surface area is 166 Å². The topological polar surface area (TPSA) is 80.8 Å². The average molecular weight is 408 g/mol. The minimum absolute atomic E-state index is 0.0526. The van der Waals surface area contributed by atoms with Crippen molar-refractivity contribution in [1.82, 2.24) is 9.88 Å². The van der Waals surface area contributed by atoms with Crippen molar-refractivity contribution in [2.45, 2.75) is 19.8 Å². The molecule has 1 aromatic carbocycles. The van der Waals surface area contributed by atoms with Gasteiger partial charge in [-0.2, -0.15) is 0 Å². The van der Waals surface area contributed by atoms with Crippen molar-refractivity contribution in [2.24, 2.45) is 5.92 Å². The lowest BCUT2D eigenvalue weighted by atomic mass is 9.97. The van der Waals surface area contributed by atoms with Crippen LogP contribution >= 0.6 is 23.6 Å². The standard InChI is InChI=1S/C18H21N3O4S2/c1-3-25-16(23)11-6-8-21(9-7-11)18(26)20-17-19-13-5-4-12(15(22)24-2)10-14(13)27-17/h4-5,10-11H,3,6-9H2,1-2H3,(H,19,20,26). The number of piperidine rings is 1. The van der Waals surface area contributed by atoms with Gasteiger partial charge >= 0.3 is 11.9 Å². The van der Waals surface area contributed by atoms with E-state index in [0.29, 0.717) is 35.5 Å². The normalized spacial score (nSPS) is 14.8. The summed E-state index contributed by atoms with van der Waals surface area (Å²) >= 11 is 6.92. The van der Waals surface area contributed by atoms with Gasteiger partial charge in [-0.3, -0.25) is 4.79 Å². The van der Waals surface area contributed by atoms with E-state index in [1.165, 1.54) is 18.4 Å². The lowest BCUT2D eigenvalue weighted by molar-refractivity contribution is -0.149. The maximum Gasteiger partial charge on any atom is 0.337 e. The number of carbonyl (C=O) groups excluding carboxylic acids is 2. The minimum Gasteiger partial charge on any atom is -0.466 e. The highest BCUT2D eigenvalue weighted by Crippen LogP contribution is 2.28. The summed E-state index contributed by atoms with van der Waals surface area (Å²) in [4.78, 5) is 30.0. The molecule has 7 nitrogen and oxygen atoms in total. The first kappa shape index (κ1) is 19.5. The number of hydrogen-bond donors (Lipinski definition) is 1. The first-order valence-corrected chi connectivity index (χ1v) is 9.95. The van der Waals surface area contributed by atoms with Gasteiger partial charge in [-0.25, -0.2) is 9.78 Å². The Morgan fingerprint density at radius 3 is 2.78 bits per heavy atom. The van der Waals surface area contributed by atoms with E-state index in [2.05, 4.69) is 10.3 Å². The second-order valence-electron chi connectivity index (χ2n) is 6.14. The molecule has 9 heteroatoms. The van der Waals surface area contributed by atoms with Crippen molar-refractivity contribution in [3.05, 3.63) is 23.8 Å². The monoisotopic (exact) mass is 407 g/mol. The van der Waals surface area contributed by atoms with E-state index in [0.717, 1.165) is 23.1 Å². The quantitative estimate of drug-likeness (QED) is 0.612. The van der Waals surface area contributed by atoms with Crippen LogP contribution in [0.5, 0.6) is 0 Å². The molecule has 0 spiro atoms. The fraction of sp³-hybridized carbons (Fsp3) is 0.444. The van der Waals surface area contributed by atoms with Crippen LogP contribution in [-0.2, 0) is 14.3 Å². The Hall–Kier alpha value is -2.26. The van der Waals surface area contributed by atoms with Gasteiger partial charge < -0.3 is 19.7 Å². The molecule has 1 fully saturated rings. The number of anilines is 1. The van der Waals surface area contributed by atoms with Crippen LogP contribution < -0.4 is 5.32 Å². The van der Waals surface area contributed by atoms with Crippen molar-refractivity contribution < 1.29 is 19.1 Å². The van der Waals surface area contributed by atoms with Crippen LogP contribution in [0.1, 0.15) is 30.1 Å². The summed E-state index contributed by atoms with van der Waals surface area (Å²) in [6.45, 7) is 3.63. The van der Waals surface area contributed by atoms with Gasteiger partial charge in [0.15, 0.2) is 10.2 Å². The zero-order valence-corrected chi connectivity index (χ0v) is 16.8. The summed E-state index contributed by atoms with van der Waals surface area (Å²) in [5.74, 6) is -0.549. The Morgan fingerprint density at radius 2 is 2.11 bits per heavy atom. The fourth-order valence-electron chi connectivity index (χ4n) is 2.97. The predicted octanol–water partition coefficient (Wildman–Crippen LogP) is 3.05. The Bertz CT molecular complexity index is 859. The van der Waals surface area contributed by atoms with Crippen molar-refractivity contribution in [1.29, 1.82) is 0 Å². The summed E-state index contributed by atoms with van der Waals surface area (Å²) in [5.41, 5.74) is 1.28. The molecule has 0 aliphatic carbocycles. The molecule has 1 aromatic heterocycles. The highest BCUT2D eigenvalue weighted by Gasteiger charge is 2.27. The number of nitrogens with one attached hydrogen (secondary N) is 1. The molecule has 0 radical (unpaired) electrons. The third kappa shape index (κ3) is 4.54. The predicted molar refractivity (Wildman–Crippen MR) is 108 cm³/mol. The van der Waals surface area contributed by atoms with Gasteiger partial charge in [0.2, 0.25) is 0 Å². The van der Waals surface area contributed by atoms with E-state index in [4.69, 9.17) is 21.7 Å². The number of methoxy groups -OCH3 is 1. The largest absolute Gasteiger partial charge is 0.466 e. The van der Waals surface area contributed by atoms with Crippen LogP contribution in [0.4, 0.5) is 5.13 Å². The molecule has 2 heterocycles. The number of fused-ring (bicyclic) bond motifs is 1. The molecule has 1 saturated heterocycles. The van der Waals surface area contributed by atoms with Crippen molar-refractivity contribution in [3.63, 3.8) is 0 Å². The zero-order valence-electron chi connectivity index (χ0n) is 15.2. The van der Waals surface area contributed by atoms with Gasteiger partial charge in [0.1, 0.15) is 0 Å². The van der Waals surface area contributed by atoms with E-state index in [1.54, 1.807) is 18.2 Å². The molecule has 0 atom stereocenters. The molecule has 2 aromatic rings. The number of hydrogen-bond acceptors (Lipinski definition) is 7. The number of nitrogens with zero attached hydrogens (tertiary/aromatic N) is 2. The van der Waals surface area contributed by atoms with Crippen molar-refractivity contribution in [3.8, 4) is 0 Å². The number of benzene rings is 1. The highest BCUT2D eigenvalue weighted by molar-refractivity contribution is 7.80. The molecule has 0 saturated carbocycles. The molecule has 0 bridgehead atoms. The molecule has 0 amide bonds. The van der Waals surface area contributed by atoms with Gasteiger partial charge in [-0.1, -0.05) is 11.3 Å². The molecular weight excluding hydrogens is 386 g/mol. The maximum atomic E-state index is 11.8. The first-order valence-electron chi connectivity index (χ1n) is 8.73. The smallest absolute Gasteiger partial charge is 0.337 e. The van der Waals surface area contributed by atoms with Gasteiger partial charge in [-0.05, 0) is 50.2 Å². The van der Waals surface area contributed by atoms with Crippen LogP contribution in [0.3, 0.4) is 0 Å². The number of carbonyl (C=O) groups is 2. The van der Waals surface area contributed by atoms with Gasteiger partial charge in [0.25, 0.3) is 0 Å². The van der Waals surface area contributed by atoms with E-state index >= 15 is 0 Å². The summed E-state index contributed by atoms with van der Waals surface area (Å²) in [7, 11) is 1.36. The van der Waals surface area contributed by atoms with Crippen molar-refractivity contribution in [2.75, 3.05) is 32.1 Å². The van der Waals surface area contributed by atoms with E-state index in [9.17, 15) is 9.59 Å². The molecule has 1 N–H and O–H groups in total. The summed E-state index contributed by atoms with van der Waals surface area (Å²) in [6, 6.07) is 5.24. The van der Waals surface area contributed by atoms with E-state index in [1.807, 2.05) is 11.8 Å². The number of likely N-dealkylation sites (tertiary alicyclic amines) is 1. The fourth-order valence-corrected chi connectivity index (χ4v) is 4.22. The number of esters is 2. The van der Waals surface area contributed by atoms with Gasteiger partial charge in [0.05, 0.1) is 35.4 Å². The Kier molecular flexibility index (Phi) is 6.22. The number of thiocarbonyl (C=S) groups is 1. The number of aromatic nitrogens is 1. The van der Waals surface area contributed by atoms with Crippen LogP contribution in [0.15, 0.2) is 18.2 Å². The number of rotatable bonds is 4. The first-order chi connectivity index (χ1) is 13.0. The minimum atomic E-state index is -0.375. The molecular formula is C18H21N3O4S2. The summed E-state index contributed by atoms with van der Waals surface area (Å²) in [5, 5.41) is 4.42. The Balaban J connectivity index is 1.61. The molecule has 27 heavy (non-hydrogen) atoms. The second kappa shape index (κ2) is 8.62. The molecule has 1 aliphatic heterocycles. The third-order valence-electron chi connectivity index (χ3n) is 4.43. The van der Waals surface area contributed by atoms with Crippen LogP contribution in [0, 0.1) is 5.92 Å².